The van der Waals surface area contributed by atoms with E-state index in [1.165, 1.54) is 0 Å². The number of allylic oxidation sites excluding steroid dienone is 2. The van der Waals surface area contributed by atoms with Crippen molar-refractivity contribution in [2.75, 3.05) is 0 Å². The van der Waals surface area contributed by atoms with Crippen LogP contribution in [-0.4, -0.2) is 16.0 Å². The summed E-state index contributed by atoms with van der Waals surface area (Å²) in [5.41, 5.74) is 4.74. The highest BCUT2D eigenvalue weighted by atomic mass is 16.6. The fourth-order valence-corrected chi connectivity index (χ4v) is 2.32. The van der Waals surface area contributed by atoms with Gasteiger partial charge < -0.3 is 0 Å². The third-order valence-electron chi connectivity index (χ3n) is 3.21. The van der Waals surface area contributed by atoms with E-state index in [0.29, 0.717) is 0 Å². The molecule has 1 aliphatic carbocycles. The maximum atomic E-state index is 4.78. The van der Waals surface area contributed by atoms with Gasteiger partial charge in [-0.25, -0.2) is 4.63 Å². The van der Waals surface area contributed by atoms with Gasteiger partial charge in [-0.1, -0.05) is 40.6 Å². The Morgan fingerprint density at radius 2 is 1.89 bits per heavy atom. The third kappa shape index (κ3) is 1.29. The van der Waals surface area contributed by atoms with Crippen LogP contribution in [-0.2, 0) is 0 Å². The van der Waals surface area contributed by atoms with Crippen molar-refractivity contribution in [1.82, 2.24) is 10.3 Å². The third-order valence-corrected chi connectivity index (χ3v) is 3.21. The Balaban J connectivity index is 1.82. The van der Waals surface area contributed by atoms with Crippen LogP contribution in [0.4, 0.5) is 0 Å². The molecule has 2 aliphatic rings. The molecule has 1 aromatic heterocycles. The van der Waals surface area contributed by atoms with Gasteiger partial charge in [0.05, 0.1) is 17.3 Å². The van der Waals surface area contributed by atoms with Crippen LogP contribution >= 0.6 is 0 Å². The largest absolute Gasteiger partial charge is 0.252 e. The quantitative estimate of drug-likeness (QED) is 0.763. The van der Waals surface area contributed by atoms with E-state index in [4.69, 9.17) is 4.63 Å². The average Bonchev–Trinajstić information content (AvgIpc) is 3.05. The van der Waals surface area contributed by atoms with Gasteiger partial charge in [-0.05, 0) is 23.8 Å². The predicted octanol–water partition coefficient (Wildman–Crippen LogP) is 2.68. The fraction of sp³-hybridized carbons (Fsp3) is 0.0714. The second kappa shape index (κ2) is 3.50. The minimum Gasteiger partial charge on any atom is -0.252 e. The summed E-state index contributed by atoms with van der Waals surface area (Å²) in [4.78, 5) is 4.64. The Kier molecular flexibility index (Phi) is 1.85. The normalized spacial score (nSPS) is 20.1. The number of aromatic nitrogens is 2. The summed E-state index contributed by atoms with van der Waals surface area (Å²) in [5, 5.41) is 7.82. The molecule has 4 heteroatoms. The maximum absolute atomic E-state index is 4.78. The molecule has 0 saturated heterocycles. The molecule has 0 N–H and O–H groups in total. The highest BCUT2D eigenvalue weighted by Gasteiger charge is 2.29. The molecule has 86 valence electrons. The van der Waals surface area contributed by atoms with Gasteiger partial charge in [0.1, 0.15) is 11.4 Å². The van der Waals surface area contributed by atoms with E-state index in [9.17, 15) is 0 Å². The molecule has 1 atom stereocenters. The minimum absolute atomic E-state index is 0.0754. The van der Waals surface area contributed by atoms with E-state index in [1.54, 1.807) is 0 Å². The first kappa shape index (κ1) is 9.53. The first-order valence-electron chi connectivity index (χ1n) is 5.78. The van der Waals surface area contributed by atoms with Crippen LogP contribution in [0.5, 0.6) is 0 Å². The lowest BCUT2D eigenvalue weighted by atomic mass is 9.93. The highest BCUT2D eigenvalue weighted by Crippen LogP contribution is 2.35. The summed E-state index contributed by atoms with van der Waals surface area (Å²) in [6.45, 7) is 0. The van der Waals surface area contributed by atoms with Gasteiger partial charge >= 0.3 is 0 Å². The van der Waals surface area contributed by atoms with Crippen molar-refractivity contribution in [3.8, 4) is 0 Å². The molecule has 0 spiro atoms. The van der Waals surface area contributed by atoms with Gasteiger partial charge in [0, 0.05) is 0 Å². The van der Waals surface area contributed by atoms with Gasteiger partial charge in [0.2, 0.25) is 0 Å². The SMILES string of the molecule is C1=Cc2nonc2C2C=C(c3ccccc3)N=C12. The molecular weight excluding hydrogens is 226 g/mol. The van der Waals surface area contributed by atoms with E-state index < -0.39 is 0 Å². The molecule has 18 heavy (non-hydrogen) atoms. The van der Waals surface area contributed by atoms with E-state index in [2.05, 4.69) is 33.5 Å². The monoisotopic (exact) mass is 235 g/mol. The molecule has 0 radical (unpaired) electrons. The molecular formula is C14H9N3O. The van der Waals surface area contributed by atoms with Crippen LogP contribution in [0.25, 0.3) is 11.8 Å². The first-order chi connectivity index (χ1) is 8.92. The number of aliphatic imine (C=N–C) groups is 1. The molecule has 2 heterocycles. The van der Waals surface area contributed by atoms with Gasteiger partial charge in [-0.2, -0.15) is 0 Å². The van der Waals surface area contributed by atoms with Gasteiger partial charge in [-0.3, -0.25) is 4.99 Å². The Morgan fingerprint density at radius 1 is 1.00 bits per heavy atom. The van der Waals surface area contributed by atoms with Crippen LogP contribution in [0.2, 0.25) is 0 Å². The Bertz CT molecular complexity index is 695. The summed E-state index contributed by atoms with van der Waals surface area (Å²) < 4.78 is 4.78. The van der Waals surface area contributed by atoms with E-state index in [0.717, 1.165) is 28.4 Å². The van der Waals surface area contributed by atoms with Crippen molar-refractivity contribution in [2.24, 2.45) is 4.99 Å². The highest BCUT2D eigenvalue weighted by molar-refractivity contribution is 6.11. The lowest BCUT2D eigenvalue weighted by Crippen LogP contribution is -2.09. The van der Waals surface area contributed by atoms with Crippen molar-refractivity contribution in [2.45, 2.75) is 5.92 Å². The summed E-state index contributed by atoms with van der Waals surface area (Å²) in [6, 6.07) is 10.1. The number of hydrogen-bond donors (Lipinski definition) is 0. The van der Waals surface area contributed by atoms with Crippen LogP contribution in [0.15, 0.2) is 52.1 Å². The second-order valence-electron chi connectivity index (χ2n) is 4.30. The van der Waals surface area contributed by atoms with Crippen molar-refractivity contribution < 1.29 is 4.63 Å². The minimum atomic E-state index is 0.0754. The number of fused-ring (bicyclic) bond motifs is 3. The fourth-order valence-electron chi connectivity index (χ4n) is 2.32. The molecule has 2 aromatic rings. The van der Waals surface area contributed by atoms with Crippen LogP contribution in [0, 0.1) is 0 Å². The Hall–Kier alpha value is -2.49. The molecule has 0 amide bonds. The molecule has 0 fully saturated rings. The Labute approximate surface area is 103 Å². The molecule has 0 saturated carbocycles. The zero-order valence-electron chi connectivity index (χ0n) is 9.45. The van der Waals surface area contributed by atoms with E-state index >= 15 is 0 Å². The van der Waals surface area contributed by atoms with Crippen molar-refractivity contribution in [3.63, 3.8) is 0 Å². The zero-order chi connectivity index (χ0) is 11.9. The summed E-state index contributed by atoms with van der Waals surface area (Å²) in [6.07, 6.45) is 5.98. The summed E-state index contributed by atoms with van der Waals surface area (Å²) in [5.74, 6) is 0.0754. The lowest BCUT2D eigenvalue weighted by Gasteiger charge is -2.08. The summed E-state index contributed by atoms with van der Waals surface area (Å²) in [7, 11) is 0. The number of nitrogens with zero attached hydrogens (tertiary/aromatic N) is 3. The molecule has 1 aliphatic heterocycles. The predicted molar refractivity (Wildman–Crippen MR) is 67.9 cm³/mol. The zero-order valence-corrected chi connectivity index (χ0v) is 9.45. The topological polar surface area (TPSA) is 51.3 Å². The van der Waals surface area contributed by atoms with Crippen molar-refractivity contribution in [1.29, 1.82) is 0 Å². The number of benzene rings is 1. The summed E-state index contributed by atoms with van der Waals surface area (Å²) >= 11 is 0. The lowest BCUT2D eigenvalue weighted by molar-refractivity contribution is 0.303. The van der Waals surface area contributed by atoms with Gasteiger partial charge in [-0.15, -0.1) is 0 Å². The van der Waals surface area contributed by atoms with Crippen molar-refractivity contribution in [3.05, 3.63) is 59.4 Å². The number of hydrogen-bond acceptors (Lipinski definition) is 4. The van der Waals surface area contributed by atoms with E-state index in [-0.39, 0.29) is 5.92 Å². The van der Waals surface area contributed by atoms with Gasteiger partial charge in [0.25, 0.3) is 0 Å². The number of rotatable bonds is 1. The second-order valence-corrected chi connectivity index (χ2v) is 4.30. The maximum Gasteiger partial charge on any atom is 0.132 e. The molecule has 1 unspecified atom stereocenters. The molecule has 4 rings (SSSR count). The van der Waals surface area contributed by atoms with Gasteiger partial charge in [0.15, 0.2) is 0 Å². The van der Waals surface area contributed by atoms with Crippen molar-refractivity contribution >= 4 is 17.5 Å². The van der Waals surface area contributed by atoms with E-state index in [1.807, 2.05) is 30.4 Å². The average molecular weight is 235 g/mol. The molecule has 4 nitrogen and oxygen atoms in total. The Morgan fingerprint density at radius 3 is 2.78 bits per heavy atom. The van der Waals surface area contributed by atoms with Crippen LogP contribution < -0.4 is 0 Å². The first-order valence-corrected chi connectivity index (χ1v) is 5.78. The smallest absolute Gasteiger partial charge is 0.132 e. The molecule has 1 aromatic carbocycles. The van der Waals surface area contributed by atoms with Crippen LogP contribution in [0.3, 0.4) is 0 Å². The standard InChI is InChI=1S/C14H9N3O/c1-2-4-9(5-3-1)13-8-10-11(15-13)6-7-12-14(10)17-18-16-12/h1-8,10H. The van der Waals surface area contributed by atoms with Crippen LogP contribution in [0.1, 0.15) is 22.9 Å². The molecule has 0 bridgehead atoms.